The van der Waals surface area contributed by atoms with Crippen LogP contribution in [0, 0.1) is 42.1 Å². The minimum atomic E-state index is -0.558. The summed E-state index contributed by atoms with van der Waals surface area (Å²) >= 11 is 2.19. The molecule has 1 aliphatic rings. The molecular weight excluding hydrogens is 1040 g/mol. The van der Waals surface area contributed by atoms with Gasteiger partial charge in [-0.3, -0.25) is 0 Å². The van der Waals surface area contributed by atoms with E-state index in [-0.39, 0.29) is 49.6 Å². The van der Waals surface area contributed by atoms with Crippen molar-refractivity contribution in [2.24, 2.45) is 5.41 Å². The first-order valence-electron chi connectivity index (χ1n) is 28.6. The predicted molar refractivity (Wildman–Crippen MR) is 286 cm³/mol. The van der Waals surface area contributed by atoms with Gasteiger partial charge in [-0.1, -0.05) is 62.3 Å². The Morgan fingerprint density at radius 3 is 1.80 bits per heavy atom. The maximum absolute atomic E-state index is 9.34. The molecule has 3 heterocycles. The first-order chi connectivity index (χ1) is 37.4. The van der Waals surface area contributed by atoms with Crippen LogP contribution in [0.25, 0.3) is 72.3 Å². The van der Waals surface area contributed by atoms with Crippen LogP contribution in [-0.2, 0) is 35.6 Å². The number of fused-ring (bicyclic) bond motifs is 5. The first-order valence-corrected chi connectivity index (χ1v) is 24.8. The zero-order valence-corrected chi connectivity index (χ0v) is 43.9. The van der Waals surface area contributed by atoms with E-state index in [1.54, 1.807) is 0 Å². The van der Waals surface area contributed by atoms with Crippen LogP contribution in [0.2, 0.25) is 0 Å². The topological polar surface area (TPSA) is 36.9 Å². The molecule has 354 valence electrons. The third-order valence-electron chi connectivity index (χ3n) is 16.1. The summed E-state index contributed by atoms with van der Waals surface area (Å²) in [7, 11) is 0. The van der Waals surface area contributed by atoms with Crippen LogP contribution in [0.4, 0.5) is 0 Å². The molecule has 0 atom stereocenters. The van der Waals surface area contributed by atoms with E-state index in [9.17, 15) is 5.48 Å². The average molecular weight is 1110 g/mol. The second kappa shape index (κ2) is 16.3. The van der Waals surface area contributed by atoms with Crippen LogP contribution in [0.5, 0.6) is 11.5 Å². The second-order valence-corrected chi connectivity index (χ2v) is 22.3. The Morgan fingerprint density at radius 1 is 0.600 bits per heavy atom. The molecule has 0 bridgehead atoms. The number of hydrogen-bond acceptors (Lipinski definition) is 2. The molecule has 0 saturated heterocycles. The van der Waals surface area contributed by atoms with Crippen molar-refractivity contribution in [1.82, 2.24) is 18.7 Å². The summed E-state index contributed by atoms with van der Waals surface area (Å²) in [4.78, 5) is 5.00. The molecule has 3 aromatic heterocycles. The van der Waals surface area contributed by atoms with E-state index in [0.29, 0.717) is 48.7 Å². The molecule has 11 rings (SSSR count). The van der Waals surface area contributed by atoms with Gasteiger partial charge in [-0.25, -0.2) is 0 Å². The molecule has 0 fully saturated rings. The fourth-order valence-corrected chi connectivity index (χ4v) is 11.9. The SMILES string of the molecule is [2H]c1c([2H])c([2H])c(-c2c(C)c(C)c(C)c(-c3c([2H])c([2H])c([2H])c([2H])c3[2H])c2-n2[c](=[Pt])n(-c3[c-]c(Oc4[c-]c5c(cc4)c4cc6c(cc4n5-c4cc(C(C)(C)C)ccn4)C(C)(C)C(C)(C)C6(C)C)ccc3)c3ccccc32)c([2H])c1[2H]. The molecule has 0 saturated carbocycles. The van der Waals surface area contributed by atoms with Crippen LogP contribution >= 0.6 is 0 Å². The molecule has 7 aromatic carbocycles. The number of pyridine rings is 1. The molecule has 0 radical (unpaired) electrons. The monoisotopic (exact) mass is 1110 g/mol. The zero-order valence-electron chi connectivity index (χ0n) is 51.6. The number of nitrogens with zero attached hydrogens (tertiary/aromatic N) is 4. The van der Waals surface area contributed by atoms with Gasteiger partial charge in [0.15, 0.2) is 0 Å². The van der Waals surface area contributed by atoms with Crippen LogP contribution in [-0.4, -0.2) is 18.7 Å². The Hall–Kier alpha value is -6.55. The first kappa shape index (κ1) is 35.5. The molecule has 6 heteroatoms. The van der Waals surface area contributed by atoms with Gasteiger partial charge in [-0.15, -0.1) is 0 Å². The van der Waals surface area contributed by atoms with Crippen molar-refractivity contribution < 1.29 is 37.8 Å². The van der Waals surface area contributed by atoms with E-state index in [0.717, 1.165) is 33.2 Å². The average Bonchev–Trinajstić information content (AvgIpc) is 3.79. The Balaban J connectivity index is 1.14. The summed E-state index contributed by atoms with van der Waals surface area (Å²) in [6, 6.07) is 28.4. The molecule has 0 spiro atoms. The molecule has 0 unspecified atom stereocenters. The van der Waals surface area contributed by atoms with Crippen LogP contribution < -0.4 is 4.74 Å². The normalized spacial score (nSPS) is 17.0. The van der Waals surface area contributed by atoms with E-state index >= 15 is 0 Å². The van der Waals surface area contributed by atoms with Crippen molar-refractivity contribution in [1.29, 1.82) is 0 Å². The Morgan fingerprint density at radius 2 is 1.19 bits per heavy atom. The van der Waals surface area contributed by atoms with Crippen LogP contribution in [0.1, 0.15) is 109 Å². The van der Waals surface area contributed by atoms with Crippen molar-refractivity contribution in [2.45, 2.75) is 99.3 Å². The van der Waals surface area contributed by atoms with Gasteiger partial charge in [-0.05, 0) is 44.4 Å². The molecule has 0 amide bonds. The van der Waals surface area contributed by atoms with E-state index in [1.807, 2.05) is 84.6 Å². The number of ether oxygens (including phenoxy) is 1. The summed E-state index contributed by atoms with van der Waals surface area (Å²) in [5.74, 6) is 1.62. The van der Waals surface area contributed by atoms with Crippen molar-refractivity contribution in [3.63, 3.8) is 0 Å². The molecule has 1 aliphatic carbocycles. The molecule has 0 N–H and O–H groups in total. The Labute approximate surface area is 437 Å². The fourth-order valence-electron chi connectivity index (χ4n) is 10.8. The Bertz CT molecular complexity index is 4270. The van der Waals surface area contributed by atoms with E-state index in [1.165, 1.54) is 11.1 Å². The maximum atomic E-state index is 9.34. The van der Waals surface area contributed by atoms with Gasteiger partial charge in [0.25, 0.3) is 0 Å². The van der Waals surface area contributed by atoms with Gasteiger partial charge >= 0.3 is 327 Å². The third-order valence-corrected chi connectivity index (χ3v) is 17.1. The number of imidazole rings is 1. The number of para-hydroxylation sites is 2. The van der Waals surface area contributed by atoms with Gasteiger partial charge < -0.3 is 0 Å². The van der Waals surface area contributed by atoms with Gasteiger partial charge in [0.05, 0.1) is 0 Å². The van der Waals surface area contributed by atoms with E-state index in [2.05, 4.69) is 129 Å². The van der Waals surface area contributed by atoms with Gasteiger partial charge in [0, 0.05) is 6.20 Å². The molecule has 5 nitrogen and oxygen atoms in total. The molecular formula is C64H60N4OPt-2. The van der Waals surface area contributed by atoms with E-state index < -0.39 is 60.4 Å². The van der Waals surface area contributed by atoms with Gasteiger partial charge in [0.1, 0.15) is 0 Å². The van der Waals surface area contributed by atoms with E-state index in [4.69, 9.17) is 17.9 Å². The Kier molecular flexibility index (Phi) is 8.25. The molecule has 10 aromatic rings. The molecule has 0 aliphatic heterocycles. The van der Waals surface area contributed by atoms with Gasteiger partial charge in [-0.2, -0.15) is 0 Å². The quantitative estimate of drug-likeness (QED) is 0.149. The molecule has 70 heavy (non-hydrogen) atoms. The zero-order chi connectivity index (χ0) is 57.9. The summed E-state index contributed by atoms with van der Waals surface area (Å²) < 4.78 is 103. The number of rotatable bonds is 7. The number of hydrogen-bond donors (Lipinski definition) is 0. The fraction of sp³-hybridized carbons (Fsp3) is 0.250. The van der Waals surface area contributed by atoms with Crippen LogP contribution in [0.3, 0.4) is 0 Å². The number of aromatic nitrogens is 4. The van der Waals surface area contributed by atoms with Crippen molar-refractivity contribution in [2.75, 3.05) is 0 Å². The second-order valence-electron chi connectivity index (χ2n) is 21.2. The van der Waals surface area contributed by atoms with Crippen molar-refractivity contribution in [3.05, 3.63) is 195 Å². The van der Waals surface area contributed by atoms with Gasteiger partial charge in [0.2, 0.25) is 0 Å². The van der Waals surface area contributed by atoms with Crippen molar-refractivity contribution in [3.8, 4) is 50.9 Å². The third kappa shape index (κ3) is 6.82. The van der Waals surface area contributed by atoms with Crippen molar-refractivity contribution >= 4 is 32.8 Å². The predicted octanol–water partition coefficient (Wildman–Crippen LogP) is 16.5. The minimum absolute atomic E-state index is 0.0391. The standard InChI is InChI=1S/C64H60N4O.Pt/c1-40-41(2)58(43-22-15-13-16-23-43)60(59(42(40)3)44-24-17-14-18-25-44)67-39-66(53-28-19-20-29-54(53)67)46-26-21-27-47(35-46)69-48-30-31-49-50-37-51-52(63(9,10)64(11,12)62(51,7)8)38-56(50)68(55(49)36-48)57-34-45(32-33-65-57)61(4,5)6;/h13-34,37-38H,1-12H3;/q-2;/i13D,14D,15D,16D,17D,18D,22D,23D,24D,25D;. The summed E-state index contributed by atoms with van der Waals surface area (Å²) in [6.07, 6.45) is 1.88. The number of benzene rings is 7. The summed E-state index contributed by atoms with van der Waals surface area (Å²) in [5.41, 5.74) is 9.50. The van der Waals surface area contributed by atoms with Crippen LogP contribution in [0.15, 0.2) is 145 Å². The summed E-state index contributed by atoms with van der Waals surface area (Å²) in [5, 5.41) is 2.12. The summed E-state index contributed by atoms with van der Waals surface area (Å²) in [6.45, 7) is 26.2.